The Balaban J connectivity index is 1.36. The SMILES string of the molecule is O=C(/C=C/c1nnc2c3ccccc3cnn12)N1CC[C@H]2CCCC[C@@H]2C1. The lowest BCUT2D eigenvalue weighted by Gasteiger charge is -2.41. The molecule has 0 N–H and O–H groups in total. The number of benzene rings is 1. The summed E-state index contributed by atoms with van der Waals surface area (Å²) in [5, 5.41) is 14.9. The first kappa shape index (κ1) is 16.4. The molecule has 0 radical (unpaired) electrons. The molecule has 6 heteroatoms. The minimum absolute atomic E-state index is 0.0663. The fourth-order valence-electron chi connectivity index (χ4n) is 4.66. The van der Waals surface area contributed by atoms with Crippen molar-refractivity contribution >= 4 is 28.4 Å². The molecule has 5 rings (SSSR count). The molecule has 1 amide bonds. The summed E-state index contributed by atoms with van der Waals surface area (Å²) in [5.41, 5.74) is 0.711. The molecule has 1 aliphatic heterocycles. The van der Waals surface area contributed by atoms with Crippen molar-refractivity contribution in [1.82, 2.24) is 24.7 Å². The largest absolute Gasteiger partial charge is 0.339 e. The van der Waals surface area contributed by atoms with E-state index in [4.69, 9.17) is 0 Å². The number of likely N-dealkylation sites (tertiary alicyclic amines) is 1. The predicted octanol–water partition coefficient (Wildman–Crippen LogP) is 3.33. The van der Waals surface area contributed by atoms with Crippen LogP contribution < -0.4 is 0 Å². The summed E-state index contributed by atoms with van der Waals surface area (Å²) in [6.45, 7) is 1.77. The summed E-state index contributed by atoms with van der Waals surface area (Å²) in [4.78, 5) is 14.7. The van der Waals surface area contributed by atoms with E-state index in [0.29, 0.717) is 17.4 Å². The maximum atomic E-state index is 12.7. The zero-order valence-corrected chi connectivity index (χ0v) is 15.3. The number of rotatable bonds is 2. The minimum Gasteiger partial charge on any atom is -0.339 e. The molecule has 0 spiro atoms. The van der Waals surface area contributed by atoms with E-state index >= 15 is 0 Å². The predicted molar refractivity (Wildman–Crippen MR) is 104 cm³/mol. The monoisotopic (exact) mass is 361 g/mol. The van der Waals surface area contributed by atoms with Crippen LogP contribution in [-0.4, -0.2) is 43.7 Å². The summed E-state index contributed by atoms with van der Waals surface area (Å²) >= 11 is 0. The van der Waals surface area contributed by atoms with Crippen LogP contribution in [0.25, 0.3) is 22.5 Å². The quantitative estimate of drug-likeness (QED) is 0.657. The molecule has 2 fully saturated rings. The van der Waals surface area contributed by atoms with Gasteiger partial charge in [-0.15, -0.1) is 10.2 Å². The normalized spacial score (nSPS) is 23.2. The number of amides is 1. The van der Waals surface area contributed by atoms with E-state index in [0.717, 1.165) is 36.2 Å². The average Bonchev–Trinajstić information content (AvgIpc) is 3.15. The molecule has 3 aromatic rings. The summed E-state index contributed by atoms with van der Waals surface area (Å²) in [6.07, 6.45) is 11.6. The Morgan fingerprint density at radius 2 is 1.93 bits per heavy atom. The molecule has 2 atom stereocenters. The highest BCUT2D eigenvalue weighted by Gasteiger charge is 2.32. The van der Waals surface area contributed by atoms with Crippen molar-refractivity contribution in [2.24, 2.45) is 11.8 Å². The first-order valence-electron chi connectivity index (χ1n) is 9.86. The van der Waals surface area contributed by atoms with Crippen molar-refractivity contribution in [3.8, 4) is 0 Å². The molecule has 138 valence electrons. The molecule has 0 unspecified atom stereocenters. The highest BCUT2D eigenvalue weighted by Crippen LogP contribution is 2.36. The third kappa shape index (κ3) is 2.99. The van der Waals surface area contributed by atoms with Crippen molar-refractivity contribution in [3.63, 3.8) is 0 Å². The third-order valence-electron chi connectivity index (χ3n) is 6.16. The summed E-state index contributed by atoms with van der Waals surface area (Å²) in [6, 6.07) is 7.97. The molecule has 27 heavy (non-hydrogen) atoms. The average molecular weight is 361 g/mol. The van der Waals surface area contributed by atoms with Gasteiger partial charge in [0.05, 0.1) is 6.20 Å². The second-order valence-electron chi connectivity index (χ2n) is 7.74. The lowest BCUT2D eigenvalue weighted by atomic mass is 9.75. The van der Waals surface area contributed by atoms with E-state index in [2.05, 4.69) is 15.3 Å². The van der Waals surface area contributed by atoms with Gasteiger partial charge in [0, 0.05) is 29.9 Å². The maximum Gasteiger partial charge on any atom is 0.246 e. The van der Waals surface area contributed by atoms with Crippen LogP contribution in [-0.2, 0) is 4.79 Å². The molecule has 1 aliphatic carbocycles. The van der Waals surface area contributed by atoms with Gasteiger partial charge in [-0.1, -0.05) is 43.5 Å². The van der Waals surface area contributed by atoms with Gasteiger partial charge in [0.2, 0.25) is 5.91 Å². The fraction of sp³-hybridized carbons (Fsp3) is 0.429. The highest BCUT2D eigenvalue weighted by atomic mass is 16.2. The molecule has 6 nitrogen and oxygen atoms in total. The highest BCUT2D eigenvalue weighted by molar-refractivity contribution is 5.94. The van der Waals surface area contributed by atoms with E-state index < -0.39 is 0 Å². The first-order chi connectivity index (χ1) is 13.3. The maximum absolute atomic E-state index is 12.7. The van der Waals surface area contributed by atoms with Crippen LogP contribution in [0.5, 0.6) is 0 Å². The smallest absolute Gasteiger partial charge is 0.246 e. The summed E-state index contributed by atoms with van der Waals surface area (Å²) in [7, 11) is 0. The Kier molecular flexibility index (Phi) is 4.11. The van der Waals surface area contributed by atoms with Gasteiger partial charge >= 0.3 is 0 Å². The Morgan fingerprint density at radius 3 is 2.85 bits per heavy atom. The van der Waals surface area contributed by atoms with Crippen LogP contribution in [0.1, 0.15) is 37.9 Å². The van der Waals surface area contributed by atoms with E-state index in [-0.39, 0.29) is 5.91 Å². The van der Waals surface area contributed by atoms with Crippen molar-refractivity contribution in [2.45, 2.75) is 32.1 Å². The number of aromatic nitrogens is 4. The van der Waals surface area contributed by atoms with Crippen LogP contribution in [0, 0.1) is 11.8 Å². The van der Waals surface area contributed by atoms with Crippen LogP contribution in [0.3, 0.4) is 0 Å². The van der Waals surface area contributed by atoms with E-state index in [1.54, 1.807) is 22.9 Å². The zero-order chi connectivity index (χ0) is 18.2. The topological polar surface area (TPSA) is 63.4 Å². The lowest BCUT2D eigenvalue weighted by Crippen LogP contribution is -2.44. The second kappa shape index (κ2) is 6.76. The standard InChI is InChI=1S/C21H23N5O/c27-20(25-12-11-15-5-1-2-7-17(15)14-25)10-9-19-23-24-21-18-8-4-3-6-16(18)13-22-26(19)21/h3-4,6,8-10,13,15,17H,1-2,5,7,11-12,14H2/b10-9+/t15-,17-/m1/s1. The Morgan fingerprint density at radius 1 is 1.07 bits per heavy atom. The molecule has 2 aliphatic rings. The number of nitrogens with zero attached hydrogens (tertiary/aromatic N) is 5. The number of fused-ring (bicyclic) bond motifs is 4. The Bertz CT molecular complexity index is 1020. The molecule has 1 saturated carbocycles. The molecular formula is C21H23N5O. The number of carbonyl (C=O) groups excluding carboxylic acids is 1. The van der Waals surface area contributed by atoms with Crippen molar-refractivity contribution < 1.29 is 4.79 Å². The van der Waals surface area contributed by atoms with Crippen molar-refractivity contribution in [1.29, 1.82) is 0 Å². The van der Waals surface area contributed by atoms with Crippen LogP contribution in [0.2, 0.25) is 0 Å². The number of carbonyl (C=O) groups is 1. The molecule has 1 saturated heterocycles. The third-order valence-corrected chi connectivity index (χ3v) is 6.16. The van der Waals surface area contributed by atoms with Gasteiger partial charge in [0.25, 0.3) is 0 Å². The van der Waals surface area contributed by atoms with E-state index in [1.807, 2.05) is 29.2 Å². The summed E-state index contributed by atoms with van der Waals surface area (Å²) in [5.74, 6) is 2.16. The minimum atomic E-state index is 0.0663. The molecule has 0 bridgehead atoms. The zero-order valence-electron chi connectivity index (χ0n) is 15.3. The summed E-state index contributed by atoms with van der Waals surface area (Å²) < 4.78 is 1.69. The van der Waals surface area contributed by atoms with Gasteiger partial charge in [-0.3, -0.25) is 4.79 Å². The molecule has 2 aromatic heterocycles. The van der Waals surface area contributed by atoms with Crippen molar-refractivity contribution in [3.05, 3.63) is 42.4 Å². The number of hydrogen-bond acceptors (Lipinski definition) is 4. The van der Waals surface area contributed by atoms with E-state index in [9.17, 15) is 4.79 Å². The molecule has 3 heterocycles. The van der Waals surface area contributed by atoms with Gasteiger partial charge in [-0.05, 0) is 30.8 Å². The fourth-order valence-corrected chi connectivity index (χ4v) is 4.66. The van der Waals surface area contributed by atoms with Gasteiger partial charge in [0.1, 0.15) is 0 Å². The first-order valence-corrected chi connectivity index (χ1v) is 9.86. The molecular weight excluding hydrogens is 338 g/mol. The van der Waals surface area contributed by atoms with Crippen LogP contribution in [0.4, 0.5) is 0 Å². The van der Waals surface area contributed by atoms with Crippen LogP contribution in [0.15, 0.2) is 36.5 Å². The lowest BCUT2D eigenvalue weighted by molar-refractivity contribution is -0.128. The van der Waals surface area contributed by atoms with Gasteiger partial charge in [-0.2, -0.15) is 9.61 Å². The van der Waals surface area contributed by atoms with Gasteiger partial charge < -0.3 is 4.90 Å². The van der Waals surface area contributed by atoms with Gasteiger partial charge in [0.15, 0.2) is 11.5 Å². The van der Waals surface area contributed by atoms with Gasteiger partial charge in [-0.25, -0.2) is 0 Å². The Labute approximate surface area is 157 Å². The van der Waals surface area contributed by atoms with Crippen molar-refractivity contribution in [2.75, 3.05) is 13.1 Å². The van der Waals surface area contributed by atoms with E-state index in [1.165, 1.54) is 25.7 Å². The van der Waals surface area contributed by atoms with Crippen LogP contribution >= 0.6 is 0 Å². The number of piperidine rings is 1. The Hall–Kier alpha value is -2.76. The number of hydrogen-bond donors (Lipinski definition) is 0. The molecule has 1 aromatic carbocycles. The second-order valence-corrected chi connectivity index (χ2v) is 7.74.